The fourth-order valence-electron chi connectivity index (χ4n) is 3.29. The summed E-state index contributed by atoms with van der Waals surface area (Å²) >= 11 is 1.46. The summed E-state index contributed by atoms with van der Waals surface area (Å²) in [6.45, 7) is 0.410. The van der Waals surface area contributed by atoms with Crippen LogP contribution in [0.15, 0.2) is 58.8 Å². The average molecular weight is 491 g/mol. The predicted octanol–water partition coefficient (Wildman–Crippen LogP) is 3.52. The molecule has 0 bridgehead atoms. The maximum absolute atomic E-state index is 13.1. The largest absolute Gasteiger partial charge is 0.493 e. The van der Waals surface area contributed by atoms with E-state index in [2.05, 4.69) is 4.72 Å². The van der Waals surface area contributed by atoms with E-state index in [1.54, 1.807) is 31.3 Å². The van der Waals surface area contributed by atoms with Crippen molar-refractivity contribution in [3.05, 3.63) is 69.9 Å². The van der Waals surface area contributed by atoms with Crippen molar-refractivity contribution in [2.45, 2.75) is 18.0 Å². The molecule has 1 N–H and O–H groups in total. The summed E-state index contributed by atoms with van der Waals surface area (Å²) < 4.78 is 44.2. The molecular formula is C23H26N2O6S2. The monoisotopic (exact) mass is 490 g/mol. The Labute approximate surface area is 197 Å². The Morgan fingerprint density at radius 2 is 1.76 bits per heavy atom. The molecule has 10 heteroatoms. The molecule has 1 heterocycles. The zero-order valence-electron chi connectivity index (χ0n) is 18.8. The molecule has 0 aliphatic rings. The van der Waals surface area contributed by atoms with Crippen LogP contribution in [-0.4, -0.2) is 47.6 Å². The standard InChI is InChI=1S/C23H26N2O6S2/c1-25(15-17-10-11-20(29-2)22(31-4)21(17)30-3)23(26)16-7-5-9-19(13-16)33(27,28)24-14-18-8-6-12-32-18/h5-13,24H,14-15H2,1-4H3. The van der Waals surface area contributed by atoms with Gasteiger partial charge >= 0.3 is 0 Å². The van der Waals surface area contributed by atoms with Gasteiger partial charge in [-0.25, -0.2) is 13.1 Å². The van der Waals surface area contributed by atoms with E-state index in [9.17, 15) is 13.2 Å². The first kappa shape index (κ1) is 24.6. The van der Waals surface area contributed by atoms with Crippen molar-refractivity contribution in [3.63, 3.8) is 0 Å². The minimum atomic E-state index is -3.77. The van der Waals surface area contributed by atoms with E-state index in [1.165, 1.54) is 49.7 Å². The Morgan fingerprint density at radius 3 is 2.39 bits per heavy atom. The highest BCUT2D eigenvalue weighted by Gasteiger charge is 2.21. The molecule has 1 amide bonds. The van der Waals surface area contributed by atoms with E-state index in [1.807, 2.05) is 17.5 Å². The van der Waals surface area contributed by atoms with E-state index < -0.39 is 10.0 Å². The lowest BCUT2D eigenvalue weighted by atomic mass is 10.1. The lowest BCUT2D eigenvalue weighted by Gasteiger charge is -2.21. The second-order valence-corrected chi connectivity index (χ2v) is 9.89. The van der Waals surface area contributed by atoms with Crippen LogP contribution in [0.1, 0.15) is 20.8 Å². The second kappa shape index (κ2) is 10.7. The fraction of sp³-hybridized carbons (Fsp3) is 0.261. The summed E-state index contributed by atoms with van der Waals surface area (Å²) in [5.41, 5.74) is 0.975. The number of amides is 1. The molecule has 0 saturated carbocycles. The van der Waals surface area contributed by atoms with Gasteiger partial charge in [-0.15, -0.1) is 11.3 Å². The van der Waals surface area contributed by atoms with Gasteiger partial charge in [-0.3, -0.25) is 4.79 Å². The third-order valence-electron chi connectivity index (χ3n) is 4.95. The van der Waals surface area contributed by atoms with Gasteiger partial charge < -0.3 is 19.1 Å². The fourth-order valence-corrected chi connectivity index (χ4v) is 5.08. The molecular weight excluding hydrogens is 464 g/mol. The lowest BCUT2D eigenvalue weighted by molar-refractivity contribution is 0.0783. The third kappa shape index (κ3) is 5.65. The van der Waals surface area contributed by atoms with E-state index in [4.69, 9.17) is 14.2 Å². The van der Waals surface area contributed by atoms with Gasteiger partial charge in [0.2, 0.25) is 15.8 Å². The molecule has 1 aromatic heterocycles. The number of ether oxygens (including phenoxy) is 3. The molecule has 0 atom stereocenters. The number of hydrogen-bond acceptors (Lipinski definition) is 7. The van der Waals surface area contributed by atoms with E-state index in [0.717, 1.165) is 4.88 Å². The van der Waals surface area contributed by atoms with Gasteiger partial charge in [0.1, 0.15) is 0 Å². The number of nitrogens with zero attached hydrogens (tertiary/aromatic N) is 1. The van der Waals surface area contributed by atoms with Gasteiger partial charge in [0.15, 0.2) is 11.5 Å². The highest BCUT2D eigenvalue weighted by atomic mass is 32.2. The Kier molecular flexibility index (Phi) is 7.96. The van der Waals surface area contributed by atoms with Crippen molar-refractivity contribution in [2.75, 3.05) is 28.4 Å². The van der Waals surface area contributed by atoms with Crippen LogP contribution in [0.25, 0.3) is 0 Å². The highest BCUT2D eigenvalue weighted by molar-refractivity contribution is 7.89. The molecule has 0 aliphatic carbocycles. The molecule has 2 aromatic carbocycles. The van der Waals surface area contributed by atoms with E-state index in [0.29, 0.717) is 22.8 Å². The molecule has 8 nitrogen and oxygen atoms in total. The first-order chi connectivity index (χ1) is 15.8. The molecule has 0 aliphatic heterocycles. The van der Waals surface area contributed by atoms with Crippen molar-refractivity contribution in [1.29, 1.82) is 0 Å². The van der Waals surface area contributed by atoms with Crippen molar-refractivity contribution in [2.24, 2.45) is 0 Å². The van der Waals surface area contributed by atoms with Gasteiger partial charge in [0.25, 0.3) is 5.91 Å². The van der Waals surface area contributed by atoms with Crippen molar-refractivity contribution in [3.8, 4) is 17.2 Å². The molecule has 0 radical (unpaired) electrons. The summed E-state index contributed by atoms with van der Waals surface area (Å²) in [6.07, 6.45) is 0. The van der Waals surface area contributed by atoms with Crippen LogP contribution in [0.2, 0.25) is 0 Å². The van der Waals surface area contributed by atoms with E-state index >= 15 is 0 Å². The summed E-state index contributed by atoms with van der Waals surface area (Å²) in [5, 5.41) is 1.88. The summed E-state index contributed by atoms with van der Waals surface area (Å²) in [7, 11) is 2.42. The molecule has 3 aromatic rings. The number of methoxy groups -OCH3 is 3. The first-order valence-corrected chi connectivity index (χ1v) is 12.3. The number of sulfonamides is 1. The van der Waals surface area contributed by atoms with Gasteiger partial charge in [-0.2, -0.15) is 0 Å². The molecule has 0 spiro atoms. The Balaban J connectivity index is 1.79. The molecule has 33 heavy (non-hydrogen) atoms. The Hall–Kier alpha value is -3.08. The predicted molar refractivity (Wildman–Crippen MR) is 127 cm³/mol. The number of hydrogen-bond donors (Lipinski definition) is 1. The second-order valence-electron chi connectivity index (χ2n) is 7.09. The van der Waals surface area contributed by atoms with Crippen LogP contribution in [0.3, 0.4) is 0 Å². The summed E-state index contributed by atoms with van der Waals surface area (Å²) in [4.78, 5) is 15.5. The molecule has 3 rings (SSSR count). The van der Waals surface area contributed by atoms with Crippen molar-refractivity contribution >= 4 is 27.3 Å². The number of carbonyl (C=O) groups is 1. The van der Waals surface area contributed by atoms with Crippen LogP contribution in [-0.2, 0) is 23.1 Å². The third-order valence-corrected chi connectivity index (χ3v) is 7.22. The zero-order valence-corrected chi connectivity index (χ0v) is 20.5. The number of carbonyl (C=O) groups excluding carboxylic acids is 1. The minimum Gasteiger partial charge on any atom is -0.493 e. The van der Waals surface area contributed by atoms with Crippen molar-refractivity contribution < 1.29 is 27.4 Å². The Morgan fingerprint density at radius 1 is 1.00 bits per heavy atom. The Bertz CT molecular complexity index is 1210. The smallest absolute Gasteiger partial charge is 0.253 e. The topological polar surface area (TPSA) is 94.2 Å². The van der Waals surface area contributed by atoms with Crippen LogP contribution in [0, 0.1) is 0 Å². The lowest BCUT2D eigenvalue weighted by Crippen LogP contribution is -2.27. The minimum absolute atomic E-state index is 0.0296. The van der Waals surface area contributed by atoms with Gasteiger partial charge in [-0.05, 0) is 41.8 Å². The summed E-state index contributed by atoms with van der Waals surface area (Å²) in [6, 6.07) is 13.2. The molecule has 0 unspecified atom stereocenters. The van der Waals surface area contributed by atoms with Crippen LogP contribution in [0.5, 0.6) is 17.2 Å². The SMILES string of the molecule is COc1ccc(CN(C)C(=O)c2cccc(S(=O)(=O)NCc3cccs3)c2)c(OC)c1OC. The van der Waals surface area contributed by atoms with Crippen molar-refractivity contribution in [1.82, 2.24) is 9.62 Å². The average Bonchev–Trinajstić information content (AvgIpc) is 3.35. The van der Waals surface area contributed by atoms with Gasteiger partial charge in [0, 0.05) is 36.1 Å². The quantitative estimate of drug-likeness (QED) is 0.467. The first-order valence-electron chi connectivity index (χ1n) is 9.96. The highest BCUT2D eigenvalue weighted by Crippen LogP contribution is 2.40. The zero-order chi connectivity index (χ0) is 24.0. The van der Waals surface area contributed by atoms with E-state index in [-0.39, 0.29) is 29.5 Å². The van der Waals surface area contributed by atoms with Crippen LogP contribution < -0.4 is 18.9 Å². The van der Waals surface area contributed by atoms with Gasteiger partial charge in [-0.1, -0.05) is 12.1 Å². The molecule has 176 valence electrons. The maximum Gasteiger partial charge on any atom is 0.253 e. The molecule has 0 saturated heterocycles. The van der Waals surface area contributed by atoms with Crippen LogP contribution >= 0.6 is 11.3 Å². The molecule has 0 fully saturated rings. The number of benzene rings is 2. The number of thiophene rings is 1. The summed E-state index contributed by atoms with van der Waals surface area (Å²) in [5.74, 6) is 1.08. The van der Waals surface area contributed by atoms with Crippen LogP contribution in [0.4, 0.5) is 0 Å². The number of nitrogens with one attached hydrogen (secondary N) is 1. The maximum atomic E-state index is 13.1. The van der Waals surface area contributed by atoms with Gasteiger partial charge in [0.05, 0.1) is 26.2 Å². The number of rotatable bonds is 10. The normalized spacial score (nSPS) is 11.2.